The number of hydrogen-bond donors (Lipinski definition) is 1. The van der Waals surface area contributed by atoms with E-state index in [4.69, 9.17) is 16.3 Å². The van der Waals surface area contributed by atoms with Crippen LogP contribution in [-0.4, -0.2) is 48.5 Å². The number of nitro groups is 1. The summed E-state index contributed by atoms with van der Waals surface area (Å²) in [6.45, 7) is 3.21. The highest BCUT2D eigenvalue weighted by molar-refractivity contribution is 6.30. The second-order valence-corrected chi connectivity index (χ2v) is 5.39. The average Bonchev–Trinajstić information content (AvgIpc) is 2.77. The molecule has 0 spiro atoms. The van der Waals surface area contributed by atoms with E-state index in [2.05, 4.69) is 5.32 Å². The Labute approximate surface area is 145 Å². The van der Waals surface area contributed by atoms with E-state index in [0.29, 0.717) is 6.54 Å². The van der Waals surface area contributed by atoms with Gasteiger partial charge in [0, 0.05) is 30.7 Å². The SMILES string of the molecule is Cl.O=C(CCOc1ccc(Cl)cc1[N+](=O)[O-])N1CCCNCC1. The standard InChI is InChI=1S/C14H18ClN3O4.ClH/c15-11-2-3-13(12(10-11)18(20)21)22-9-4-14(19)17-7-1-5-16-6-8-17;/h2-3,10,16H,1,4-9H2;1H. The highest BCUT2D eigenvalue weighted by Crippen LogP contribution is 2.29. The van der Waals surface area contributed by atoms with Crippen LogP contribution in [0, 0.1) is 10.1 Å². The fourth-order valence-corrected chi connectivity index (χ4v) is 2.42. The molecule has 0 unspecified atom stereocenters. The maximum atomic E-state index is 12.1. The van der Waals surface area contributed by atoms with Crippen LogP contribution in [0.2, 0.25) is 5.02 Å². The van der Waals surface area contributed by atoms with Crippen molar-refractivity contribution >= 4 is 35.6 Å². The van der Waals surface area contributed by atoms with Crippen molar-refractivity contribution < 1.29 is 14.5 Å². The van der Waals surface area contributed by atoms with Crippen molar-refractivity contribution in [2.75, 3.05) is 32.8 Å². The van der Waals surface area contributed by atoms with Crippen LogP contribution in [0.5, 0.6) is 5.75 Å². The van der Waals surface area contributed by atoms with Crippen LogP contribution >= 0.6 is 24.0 Å². The molecule has 1 fully saturated rings. The Morgan fingerprint density at radius 3 is 2.91 bits per heavy atom. The van der Waals surface area contributed by atoms with Gasteiger partial charge in [0.1, 0.15) is 0 Å². The van der Waals surface area contributed by atoms with Crippen LogP contribution in [0.25, 0.3) is 0 Å². The third-order valence-corrected chi connectivity index (χ3v) is 3.62. The van der Waals surface area contributed by atoms with E-state index < -0.39 is 4.92 Å². The highest BCUT2D eigenvalue weighted by atomic mass is 35.5. The van der Waals surface area contributed by atoms with Crippen LogP contribution in [0.4, 0.5) is 5.69 Å². The summed E-state index contributed by atoms with van der Waals surface area (Å²) < 4.78 is 5.38. The molecule has 1 N–H and O–H groups in total. The van der Waals surface area contributed by atoms with Crippen molar-refractivity contribution in [3.05, 3.63) is 33.3 Å². The van der Waals surface area contributed by atoms with E-state index in [9.17, 15) is 14.9 Å². The number of amides is 1. The van der Waals surface area contributed by atoms with Crippen LogP contribution < -0.4 is 10.1 Å². The summed E-state index contributed by atoms with van der Waals surface area (Å²) in [6, 6.07) is 4.20. The molecule has 0 saturated carbocycles. The number of halogens is 2. The Balaban J connectivity index is 0.00000264. The summed E-state index contributed by atoms with van der Waals surface area (Å²) >= 11 is 5.74. The summed E-state index contributed by atoms with van der Waals surface area (Å²) in [5, 5.41) is 14.4. The predicted octanol–water partition coefficient (Wildman–Crippen LogP) is 2.26. The van der Waals surface area contributed by atoms with Gasteiger partial charge in [-0.05, 0) is 25.1 Å². The lowest BCUT2D eigenvalue weighted by Gasteiger charge is -2.19. The molecule has 1 aromatic carbocycles. The van der Waals surface area contributed by atoms with Gasteiger partial charge in [-0.15, -0.1) is 12.4 Å². The highest BCUT2D eigenvalue weighted by Gasteiger charge is 2.18. The molecule has 0 atom stereocenters. The Morgan fingerprint density at radius 2 is 2.17 bits per heavy atom. The van der Waals surface area contributed by atoms with E-state index in [0.717, 1.165) is 26.1 Å². The molecule has 2 rings (SSSR count). The number of nitrogens with zero attached hydrogens (tertiary/aromatic N) is 2. The molecule has 0 bridgehead atoms. The Morgan fingerprint density at radius 1 is 1.39 bits per heavy atom. The first-order chi connectivity index (χ1) is 10.6. The van der Waals surface area contributed by atoms with Crippen LogP contribution in [0.15, 0.2) is 18.2 Å². The molecule has 1 amide bonds. The van der Waals surface area contributed by atoms with Crippen LogP contribution in [0.3, 0.4) is 0 Å². The van der Waals surface area contributed by atoms with Gasteiger partial charge in [0.25, 0.3) is 0 Å². The summed E-state index contributed by atoms with van der Waals surface area (Å²) in [5.41, 5.74) is -0.195. The quantitative estimate of drug-likeness (QED) is 0.640. The number of rotatable bonds is 5. The van der Waals surface area contributed by atoms with Crippen molar-refractivity contribution in [2.45, 2.75) is 12.8 Å². The third-order valence-electron chi connectivity index (χ3n) is 3.38. The van der Waals surface area contributed by atoms with Crippen molar-refractivity contribution in [1.29, 1.82) is 0 Å². The number of ether oxygens (including phenoxy) is 1. The fourth-order valence-electron chi connectivity index (χ4n) is 2.26. The van der Waals surface area contributed by atoms with Gasteiger partial charge >= 0.3 is 5.69 Å². The lowest BCUT2D eigenvalue weighted by molar-refractivity contribution is -0.385. The van der Waals surface area contributed by atoms with Gasteiger partial charge < -0.3 is 15.0 Å². The minimum Gasteiger partial charge on any atom is -0.486 e. The predicted molar refractivity (Wildman–Crippen MR) is 89.5 cm³/mol. The molecule has 23 heavy (non-hydrogen) atoms. The first kappa shape index (κ1) is 19.5. The lowest BCUT2D eigenvalue weighted by atomic mass is 10.3. The maximum absolute atomic E-state index is 12.1. The fraction of sp³-hybridized carbons (Fsp3) is 0.500. The maximum Gasteiger partial charge on any atom is 0.312 e. The van der Waals surface area contributed by atoms with E-state index in [1.165, 1.54) is 18.2 Å². The number of nitrogens with one attached hydrogen (secondary N) is 1. The normalized spacial score (nSPS) is 14.6. The summed E-state index contributed by atoms with van der Waals surface area (Å²) in [5.74, 6) is 0.125. The van der Waals surface area contributed by atoms with Crippen LogP contribution in [-0.2, 0) is 4.79 Å². The van der Waals surface area contributed by atoms with Crippen molar-refractivity contribution in [2.24, 2.45) is 0 Å². The van der Waals surface area contributed by atoms with E-state index in [1.807, 2.05) is 0 Å². The van der Waals surface area contributed by atoms with Gasteiger partial charge in [0.15, 0.2) is 5.75 Å². The second kappa shape index (κ2) is 9.54. The van der Waals surface area contributed by atoms with E-state index in [-0.39, 0.29) is 47.8 Å². The van der Waals surface area contributed by atoms with Crippen molar-refractivity contribution in [3.63, 3.8) is 0 Å². The zero-order valence-electron chi connectivity index (χ0n) is 12.5. The number of hydrogen-bond acceptors (Lipinski definition) is 5. The number of carbonyl (C=O) groups is 1. The van der Waals surface area contributed by atoms with Crippen molar-refractivity contribution in [3.8, 4) is 5.75 Å². The molecule has 0 aromatic heterocycles. The molecule has 1 saturated heterocycles. The molecule has 9 heteroatoms. The van der Waals surface area contributed by atoms with E-state index in [1.54, 1.807) is 4.90 Å². The zero-order chi connectivity index (χ0) is 15.9. The third kappa shape index (κ3) is 5.85. The van der Waals surface area contributed by atoms with Gasteiger partial charge in [0.05, 0.1) is 18.0 Å². The monoisotopic (exact) mass is 363 g/mol. The molecule has 128 valence electrons. The van der Waals surface area contributed by atoms with Gasteiger partial charge in [-0.3, -0.25) is 14.9 Å². The zero-order valence-corrected chi connectivity index (χ0v) is 14.1. The lowest BCUT2D eigenvalue weighted by Crippen LogP contribution is -2.34. The average molecular weight is 364 g/mol. The first-order valence-electron chi connectivity index (χ1n) is 7.13. The number of benzene rings is 1. The summed E-state index contributed by atoms with van der Waals surface area (Å²) in [7, 11) is 0. The largest absolute Gasteiger partial charge is 0.486 e. The van der Waals surface area contributed by atoms with E-state index >= 15 is 0 Å². The molecule has 0 aliphatic carbocycles. The molecular weight excluding hydrogens is 345 g/mol. The Hall–Kier alpha value is -1.57. The minimum absolute atomic E-state index is 0. The smallest absolute Gasteiger partial charge is 0.312 e. The van der Waals surface area contributed by atoms with Gasteiger partial charge in [0.2, 0.25) is 5.91 Å². The molecule has 1 aromatic rings. The molecule has 1 aliphatic heterocycles. The first-order valence-corrected chi connectivity index (χ1v) is 7.51. The molecule has 7 nitrogen and oxygen atoms in total. The van der Waals surface area contributed by atoms with Crippen molar-refractivity contribution in [1.82, 2.24) is 10.2 Å². The molecule has 1 heterocycles. The molecule has 0 radical (unpaired) electrons. The van der Waals surface area contributed by atoms with Gasteiger partial charge in [-0.25, -0.2) is 0 Å². The second-order valence-electron chi connectivity index (χ2n) is 4.95. The summed E-state index contributed by atoms with van der Waals surface area (Å²) in [4.78, 5) is 24.3. The topological polar surface area (TPSA) is 84.7 Å². The summed E-state index contributed by atoms with van der Waals surface area (Å²) in [6.07, 6.45) is 1.12. The number of nitro benzene ring substituents is 1. The molecular formula is C14H19Cl2N3O4. The van der Waals surface area contributed by atoms with Gasteiger partial charge in [-0.1, -0.05) is 11.6 Å². The number of carbonyl (C=O) groups excluding carboxylic acids is 1. The Bertz CT molecular complexity index is 549. The molecule has 1 aliphatic rings. The van der Waals surface area contributed by atoms with Gasteiger partial charge in [-0.2, -0.15) is 0 Å². The van der Waals surface area contributed by atoms with Crippen LogP contribution in [0.1, 0.15) is 12.8 Å². The minimum atomic E-state index is -0.552. The Kier molecular flexibility index (Phi) is 8.08.